The third-order valence-electron chi connectivity index (χ3n) is 3.77. The van der Waals surface area contributed by atoms with Crippen molar-refractivity contribution < 1.29 is 24.1 Å². The van der Waals surface area contributed by atoms with Crippen LogP contribution in [0.25, 0.3) is 0 Å². The Bertz CT molecular complexity index is 499. The van der Waals surface area contributed by atoms with Gasteiger partial charge in [0, 0.05) is 6.42 Å². The van der Waals surface area contributed by atoms with Gasteiger partial charge in [-0.05, 0) is 25.8 Å². The van der Waals surface area contributed by atoms with E-state index in [1.165, 1.54) is 0 Å². The minimum atomic E-state index is -1.22. The highest BCUT2D eigenvalue weighted by atomic mass is 16.8. The van der Waals surface area contributed by atoms with Crippen LogP contribution in [-0.2, 0) is 25.6 Å². The Hall–Kier alpha value is -1.27. The lowest BCUT2D eigenvalue weighted by molar-refractivity contribution is -0.204. The molecule has 1 fully saturated rings. The van der Waals surface area contributed by atoms with E-state index in [9.17, 15) is 9.90 Å². The average Bonchev–Trinajstić information content (AvgIpc) is 2.87. The zero-order valence-electron chi connectivity index (χ0n) is 14.0. The minimum absolute atomic E-state index is 0.0511. The van der Waals surface area contributed by atoms with Crippen molar-refractivity contribution in [1.29, 1.82) is 0 Å². The number of unbranched alkanes of at least 4 members (excludes halogenated alkanes) is 1. The van der Waals surface area contributed by atoms with Crippen LogP contribution in [-0.4, -0.2) is 35.2 Å². The average molecular weight is 322 g/mol. The van der Waals surface area contributed by atoms with Crippen LogP contribution in [0.4, 0.5) is 0 Å². The minimum Gasteiger partial charge on any atom is -0.366 e. The van der Waals surface area contributed by atoms with Crippen LogP contribution < -0.4 is 0 Å². The largest absolute Gasteiger partial charge is 0.366 e. The zero-order valence-corrected chi connectivity index (χ0v) is 14.0. The molecule has 1 aliphatic rings. The van der Waals surface area contributed by atoms with Gasteiger partial charge < -0.3 is 19.3 Å². The molecule has 0 aromatic heterocycles. The summed E-state index contributed by atoms with van der Waals surface area (Å²) in [6.45, 7) is 5.74. The molecule has 1 N–H and O–H groups in total. The maximum absolute atomic E-state index is 12.3. The Morgan fingerprint density at radius 2 is 2.00 bits per heavy atom. The lowest BCUT2D eigenvalue weighted by Crippen LogP contribution is -2.41. The molecule has 0 spiro atoms. The second-order valence-corrected chi connectivity index (χ2v) is 6.28. The van der Waals surface area contributed by atoms with Gasteiger partial charge in [-0.2, -0.15) is 0 Å². The third kappa shape index (κ3) is 5.11. The molecule has 0 bridgehead atoms. The molecule has 1 heterocycles. The predicted octanol–water partition coefficient (Wildman–Crippen LogP) is 2.80. The smallest absolute Gasteiger partial charge is 0.184 e. The highest BCUT2D eigenvalue weighted by molar-refractivity contribution is 5.84. The Labute approximate surface area is 137 Å². The number of benzene rings is 1. The van der Waals surface area contributed by atoms with E-state index in [0.717, 1.165) is 18.4 Å². The molecule has 1 aromatic carbocycles. The Morgan fingerprint density at radius 1 is 1.30 bits per heavy atom. The van der Waals surface area contributed by atoms with Crippen LogP contribution in [0.2, 0.25) is 0 Å². The number of carbonyl (C=O) groups is 1. The van der Waals surface area contributed by atoms with E-state index in [4.69, 9.17) is 14.2 Å². The fraction of sp³-hybridized carbons (Fsp3) is 0.611. The van der Waals surface area contributed by atoms with Crippen molar-refractivity contribution in [2.45, 2.75) is 70.9 Å². The summed E-state index contributed by atoms with van der Waals surface area (Å²) in [6.07, 6.45) is -0.664. The first kappa shape index (κ1) is 18.1. The van der Waals surface area contributed by atoms with Crippen molar-refractivity contribution in [2.24, 2.45) is 0 Å². The van der Waals surface area contributed by atoms with E-state index in [-0.39, 0.29) is 12.4 Å². The van der Waals surface area contributed by atoms with Crippen LogP contribution >= 0.6 is 0 Å². The zero-order chi connectivity index (χ0) is 16.9. The van der Waals surface area contributed by atoms with Crippen LogP contribution in [0, 0.1) is 0 Å². The van der Waals surface area contributed by atoms with Crippen molar-refractivity contribution in [3.05, 3.63) is 35.9 Å². The standard InChI is InChI=1S/C18H26O5/c1-4-5-11-14(19)15-16(23-18(2,3)22-15)17(20)21-12-13-9-7-6-8-10-13/h6-10,15-17,20H,4-5,11-12H2,1-3H3. The molecule has 23 heavy (non-hydrogen) atoms. The first-order valence-corrected chi connectivity index (χ1v) is 8.15. The van der Waals surface area contributed by atoms with E-state index >= 15 is 0 Å². The first-order chi connectivity index (χ1) is 10.9. The Balaban J connectivity index is 1.97. The number of hydrogen-bond acceptors (Lipinski definition) is 5. The molecule has 2 rings (SSSR count). The number of rotatable bonds is 8. The fourth-order valence-electron chi connectivity index (χ4n) is 2.59. The van der Waals surface area contributed by atoms with Crippen molar-refractivity contribution in [3.8, 4) is 0 Å². The number of Topliss-reactive ketones (excluding diaryl/α,β-unsaturated/α-hetero) is 1. The molecular formula is C18H26O5. The summed E-state index contributed by atoms with van der Waals surface area (Å²) in [5.74, 6) is -0.960. The summed E-state index contributed by atoms with van der Waals surface area (Å²) < 4.78 is 16.9. The van der Waals surface area contributed by atoms with Gasteiger partial charge in [0.1, 0.15) is 6.10 Å². The predicted molar refractivity (Wildman–Crippen MR) is 85.6 cm³/mol. The highest BCUT2D eigenvalue weighted by Gasteiger charge is 2.48. The van der Waals surface area contributed by atoms with E-state index < -0.39 is 24.3 Å². The summed E-state index contributed by atoms with van der Waals surface area (Å²) in [5.41, 5.74) is 0.943. The fourth-order valence-corrected chi connectivity index (χ4v) is 2.59. The molecule has 0 radical (unpaired) electrons. The molecule has 1 aromatic rings. The maximum Gasteiger partial charge on any atom is 0.184 e. The van der Waals surface area contributed by atoms with Crippen LogP contribution in [0.3, 0.4) is 0 Å². The van der Waals surface area contributed by atoms with Crippen molar-refractivity contribution in [2.75, 3.05) is 0 Å². The molecule has 128 valence electrons. The lowest BCUT2D eigenvalue weighted by atomic mass is 10.0. The molecule has 5 heteroatoms. The van der Waals surface area contributed by atoms with Gasteiger partial charge in [-0.3, -0.25) is 4.79 Å². The number of aliphatic hydroxyl groups is 1. The quantitative estimate of drug-likeness (QED) is 0.746. The van der Waals surface area contributed by atoms with Gasteiger partial charge in [-0.25, -0.2) is 0 Å². The number of ether oxygens (including phenoxy) is 3. The molecule has 5 nitrogen and oxygen atoms in total. The molecule has 3 unspecified atom stereocenters. The van der Waals surface area contributed by atoms with Crippen molar-refractivity contribution >= 4 is 5.78 Å². The van der Waals surface area contributed by atoms with Gasteiger partial charge in [0.05, 0.1) is 6.61 Å². The maximum atomic E-state index is 12.3. The molecule has 1 saturated heterocycles. The SMILES string of the molecule is CCCCC(=O)C1OC(C)(C)OC1C(O)OCc1ccccc1. The normalized spacial score (nSPS) is 24.5. The third-order valence-corrected chi connectivity index (χ3v) is 3.77. The molecule has 3 atom stereocenters. The number of hydrogen-bond donors (Lipinski definition) is 1. The molecule has 0 saturated carbocycles. The summed E-state index contributed by atoms with van der Waals surface area (Å²) in [6, 6.07) is 9.54. The van der Waals surface area contributed by atoms with Crippen molar-refractivity contribution in [3.63, 3.8) is 0 Å². The summed E-state index contributed by atoms with van der Waals surface area (Å²) >= 11 is 0. The van der Waals surface area contributed by atoms with Crippen molar-refractivity contribution in [1.82, 2.24) is 0 Å². The first-order valence-electron chi connectivity index (χ1n) is 8.15. The number of ketones is 1. The summed E-state index contributed by atoms with van der Waals surface area (Å²) in [4.78, 5) is 12.3. The lowest BCUT2D eigenvalue weighted by Gasteiger charge is -2.22. The van der Waals surface area contributed by atoms with Gasteiger partial charge >= 0.3 is 0 Å². The molecule has 0 amide bonds. The Kier molecular flexibility index (Phi) is 6.30. The monoisotopic (exact) mass is 322 g/mol. The van der Waals surface area contributed by atoms with Crippen LogP contribution in [0.5, 0.6) is 0 Å². The van der Waals surface area contributed by atoms with E-state index in [2.05, 4.69) is 0 Å². The highest BCUT2D eigenvalue weighted by Crippen LogP contribution is 2.32. The number of aliphatic hydroxyl groups excluding tert-OH is 1. The topological polar surface area (TPSA) is 65.0 Å². The summed E-state index contributed by atoms with van der Waals surface area (Å²) in [7, 11) is 0. The van der Waals surface area contributed by atoms with Crippen LogP contribution in [0.15, 0.2) is 30.3 Å². The van der Waals surface area contributed by atoms with Gasteiger partial charge in [0.25, 0.3) is 0 Å². The molecule has 1 aliphatic heterocycles. The van der Waals surface area contributed by atoms with Gasteiger partial charge in [0.15, 0.2) is 24.0 Å². The van der Waals surface area contributed by atoms with Crippen LogP contribution in [0.1, 0.15) is 45.6 Å². The van der Waals surface area contributed by atoms with Gasteiger partial charge in [-0.1, -0.05) is 43.7 Å². The molecular weight excluding hydrogens is 296 g/mol. The van der Waals surface area contributed by atoms with E-state index in [0.29, 0.717) is 6.42 Å². The van der Waals surface area contributed by atoms with Gasteiger partial charge in [0.2, 0.25) is 0 Å². The summed E-state index contributed by atoms with van der Waals surface area (Å²) in [5, 5.41) is 10.3. The molecule has 0 aliphatic carbocycles. The van der Waals surface area contributed by atoms with E-state index in [1.54, 1.807) is 13.8 Å². The second kappa shape index (κ2) is 8.02. The van der Waals surface area contributed by atoms with E-state index in [1.807, 2.05) is 37.3 Å². The Morgan fingerprint density at radius 3 is 2.65 bits per heavy atom. The second-order valence-electron chi connectivity index (χ2n) is 6.28. The van der Waals surface area contributed by atoms with Gasteiger partial charge in [-0.15, -0.1) is 0 Å². The number of carbonyl (C=O) groups excluding carboxylic acids is 1.